The van der Waals surface area contributed by atoms with Crippen molar-refractivity contribution in [2.75, 3.05) is 26.2 Å². The van der Waals surface area contributed by atoms with E-state index in [2.05, 4.69) is 17.0 Å². The lowest BCUT2D eigenvalue weighted by atomic mass is 10.1. The van der Waals surface area contributed by atoms with E-state index in [1.807, 2.05) is 51.1 Å². The van der Waals surface area contributed by atoms with Crippen LogP contribution in [0.5, 0.6) is 5.75 Å². The van der Waals surface area contributed by atoms with Crippen molar-refractivity contribution in [2.24, 2.45) is 0 Å². The van der Waals surface area contributed by atoms with Gasteiger partial charge in [-0.2, -0.15) is 0 Å². The minimum Gasteiger partial charge on any atom is -0.481 e. The second-order valence-corrected chi connectivity index (χ2v) is 13.0. The minimum absolute atomic E-state index is 0.0849. The molecule has 0 aromatic heterocycles. The molecular formula is C31H33Cl2FN2O3S. The summed E-state index contributed by atoms with van der Waals surface area (Å²) in [6, 6.07) is 18.7. The molecule has 9 heteroatoms. The highest BCUT2D eigenvalue weighted by Gasteiger charge is 2.41. The fourth-order valence-corrected chi connectivity index (χ4v) is 6.65. The molecule has 2 atom stereocenters. The van der Waals surface area contributed by atoms with Gasteiger partial charge in [0.2, 0.25) is 0 Å². The summed E-state index contributed by atoms with van der Waals surface area (Å²) >= 11 is 14.6. The van der Waals surface area contributed by atoms with E-state index in [1.54, 1.807) is 28.8 Å². The summed E-state index contributed by atoms with van der Waals surface area (Å²) in [4.78, 5) is 17.4. The monoisotopic (exact) mass is 602 g/mol. The minimum atomic E-state index is -0.546. The van der Waals surface area contributed by atoms with Crippen LogP contribution in [0.1, 0.15) is 43.6 Å². The Balaban J connectivity index is 1.32. The Labute approximate surface area is 249 Å². The molecule has 212 valence electrons. The molecule has 1 heterocycles. The first-order chi connectivity index (χ1) is 19.1. The third-order valence-electron chi connectivity index (χ3n) is 7.10. The van der Waals surface area contributed by atoms with Crippen LogP contribution in [-0.4, -0.2) is 53.7 Å². The molecule has 0 saturated carbocycles. The van der Waals surface area contributed by atoms with Crippen molar-refractivity contribution in [1.82, 2.24) is 9.80 Å². The van der Waals surface area contributed by atoms with Crippen molar-refractivity contribution < 1.29 is 18.7 Å². The number of hydrogen-bond acceptors (Lipinski definition) is 5. The zero-order valence-corrected chi connectivity index (χ0v) is 25.2. The van der Waals surface area contributed by atoms with Crippen LogP contribution >= 0.6 is 35.0 Å². The van der Waals surface area contributed by atoms with Gasteiger partial charge in [-0.25, -0.2) is 9.18 Å². The summed E-state index contributed by atoms with van der Waals surface area (Å²) in [5.74, 6) is 0.536. The summed E-state index contributed by atoms with van der Waals surface area (Å²) in [6.45, 7) is 7.93. The number of hydrogen-bond donors (Lipinski definition) is 0. The number of piperazine rings is 1. The normalized spacial score (nSPS) is 19.4. The van der Waals surface area contributed by atoms with Crippen LogP contribution in [-0.2, 0) is 16.9 Å². The van der Waals surface area contributed by atoms with Gasteiger partial charge >= 0.3 is 6.09 Å². The van der Waals surface area contributed by atoms with Crippen molar-refractivity contribution in [1.29, 1.82) is 0 Å². The van der Waals surface area contributed by atoms with E-state index in [-0.39, 0.29) is 17.9 Å². The molecule has 0 radical (unpaired) electrons. The van der Waals surface area contributed by atoms with Crippen LogP contribution in [0.25, 0.3) is 0 Å². The fraction of sp³-hybridized carbons (Fsp3) is 0.387. The molecule has 1 aliphatic carbocycles. The van der Waals surface area contributed by atoms with Gasteiger partial charge in [0.25, 0.3) is 0 Å². The summed E-state index contributed by atoms with van der Waals surface area (Å²) in [7, 11) is 0. The van der Waals surface area contributed by atoms with Gasteiger partial charge in [0.15, 0.2) is 11.6 Å². The summed E-state index contributed by atoms with van der Waals surface area (Å²) in [6.07, 6.45) is -0.122. The van der Waals surface area contributed by atoms with Gasteiger partial charge in [-0.3, -0.25) is 4.90 Å². The first-order valence-corrected chi connectivity index (χ1v) is 15.1. The zero-order valence-electron chi connectivity index (χ0n) is 22.8. The van der Waals surface area contributed by atoms with Crippen LogP contribution in [0.2, 0.25) is 10.0 Å². The number of nitrogens with zero attached hydrogens (tertiary/aromatic N) is 2. The number of thioether (sulfide) groups is 1. The van der Waals surface area contributed by atoms with Gasteiger partial charge in [-0.1, -0.05) is 53.5 Å². The molecule has 1 amide bonds. The second-order valence-electron chi connectivity index (χ2n) is 11.1. The quantitative estimate of drug-likeness (QED) is 0.267. The Morgan fingerprint density at radius 2 is 1.75 bits per heavy atom. The Kier molecular flexibility index (Phi) is 8.86. The fourth-order valence-electron chi connectivity index (χ4n) is 5.19. The predicted molar refractivity (Wildman–Crippen MR) is 159 cm³/mol. The smallest absolute Gasteiger partial charge is 0.410 e. The van der Waals surface area contributed by atoms with Crippen LogP contribution in [0.3, 0.4) is 0 Å². The average molecular weight is 604 g/mol. The SMILES string of the molecule is CC(C)(C)OC(=O)N1CCN([C@H]2Cc3c(Cl)cc(Cl)cc3[C@@H]2Oc2ccc(SCc3ccccc3)cc2F)CC1. The second kappa shape index (κ2) is 12.2. The lowest BCUT2D eigenvalue weighted by molar-refractivity contribution is 0.00104. The molecule has 2 aliphatic rings. The van der Waals surface area contributed by atoms with Crippen molar-refractivity contribution in [2.45, 2.75) is 55.6 Å². The van der Waals surface area contributed by atoms with Crippen LogP contribution in [0.15, 0.2) is 65.6 Å². The van der Waals surface area contributed by atoms with Gasteiger partial charge in [-0.05, 0) is 68.7 Å². The van der Waals surface area contributed by atoms with Crippen molar-refractivity contribution >= 4 is 41.1 Å². The van der Waals surface area contributed by atoms with Crippen molar-refractivity contribution in [3.8, 4) is 5.75 Å². The first-order valence-electron chi connectivity index (χ1n) is 13.4. The molecule has 1 saturated heterocycles. The number of carbonyl (C=O) groups excluding carboxylic acids is 1. The molecule has 3 aromatic rings. The van der Waals surface area contributed by atoms with E-state index in [0.29, 0.717) is 42.6 Å². The standard InChI is InChI=1S/C31H33Cl2FN2O3S/c1-31(2,3)39-30(37)36-13-11-35(12-14-36)27-18-23-24(15-21(32)16-25(23)33)29(27)38-28-10-9-22(17-26(28)34)40-19-20-7-5-4-6-8-20/h4-10,15-17,27,29H,11-14,18-19H2,1-3H3/t27-,29-/m0/s1. The molecule has 0 bridgehead atoms. The molecule has 5 rings (SSSR count). The largest absolute Gasteiger partial charge is 0.481 e. The highest BCUT2D eigenvalue weighted by Crippen LogP contribution is 2.43. The van der Waals surface area contributed by atoms with Crippen LogP contribution in [0, 0.1) is 5.82 Å². The maximum Gasteiger partial charge on any atom is 0.410 e. The molecule has 0 N–H and O–H groups in total. The molecule has 5 nitrogen and oxygen atoms in total. The Morgan fingerprint density at radius 3 is 2.42 bits per heavy atom. The summed E-state index contributed by atoms with van der Waals surface area (Å²) < 4.78 is 27.3. The molecule has 40 heavy (non-hydrogen) atoms. The Morgan fingerprint density at radius 1 is 1.02 bits per heavy atom. The van der Waals surface area contributed by atoms with Gasteiger partial charge in [0, 0.05) is 52.4 Å². The lowest BCUT2D eigenvalue weighted by Gasteiger charge is -2.40. The topological polar surface area (TPSA) is 42.0 Å². The summed E-state index contributed by atoms with van der Waals surface area (Å²) in [5.41, 5.74) is 2.47. The molecule has 0 unspecified atom stereocenters. The van der Waals surface area contributed by atoms with E-state index in [1.165, 1.54) is 11.6 Å². The lowest BCUT2D eigenvalue weighted by Crippen LogP contribution is -2.54. The highest BCUT2D eigenvalue weighted by atomic mass is 35.5. The number of carbonyl (C=O) groups is 1. The van der Waals surface area contributed by atoms with Crippen LogP contribution < -0.4 is 4.74 Å². The Hall–Kier alpha value is -2.45. The highest BCUT2D eigenvalue weighted by molar-refractivity contribution is 7.98. The van der Waals surface area contributed by atoms with Crippen molar-refractivity contribution in [3.63, 3.8) is 0 Å². The number of amides is 1. The maximum absolute atomic E-state index is 15.3. The van der Waals surface area contributed by atoms with Gasteiger partial charge in [0.05, 0.1) is 6.04 Å². The van der Waals surface area contributed by atoms with E-state index in [9.17, 15) is 4.79 Å². The van der Waals surface area contributed by atoms with Gasteiger partial charge in [-0.15, -0.1) is 11.8 Å². The van der Waals surface area contributed by atoms with Gasteiger partial charge in [0.1, 0.15) is 11.7 Å². The van der Waals surface area contributed by atoms with E-state index in [4.69, 9.17) is 32.7 Å². The summed E-state index contributed by atoms with van der Waals surface area (Å²) in [5, 5.41) is 1.10. The number of benzene rings is 3. The van der Waals surface area contributed by atoms with E-state index in [0.717, 1.165) is 21.8 Å². The zero-order chi connectivity index (χ0) is 28.4. The molecule has 0 spiro atoms. The van der Waals surface area contributed by atoms with Crippen molar-refractivity contribution in [3.05, 3.63) is 93.2 Å². The number of fused-ring (bicyclic) bond motifs is 1. The third-order valence-corrected chi connectivity index (χ3v) is 8.72. The van der Waals surface area contributed by atoms with Crippen LogP contribution in [0.4, 0.5) is 9.18 Å². The maximum atomic E-state index is 15.3. The van der Waals surface area contributed by atoms with Gasteiger partial charge < -0.3 is 14.4 Å². The third kappa shape index (κ3) is 6.88. The first kappa shape index (κ1) is 29.1. The number of ether oxygens (including phenoxy) is 2. The number of halogens is 3. The molecular weight excluding hydrogens is 570 g/mol. The predicted octanol–water partition coefficient (Wildman–Crippen LogP) is 8.02. The number of rotatable bonds is 6. The van der Waals surface area contributed by atoms with E-state index < -0.39 is 17.5 Å². The Bertz CT molecular complexity index is 1360. The molecule has 1 fully saturated rings. The van der Waals surface area contributed by atoms with E-state index >= 15 is 4.39 Å². The average Bonchev–Trinajstić information content (AvgIpc) is 3.27. The molecule has 1 aliphatic heterocycles. The molecule has 3 aromatic carbocycles.